The first-order chi connectivity index (χ1) is 10.7. The molecule has 0 radical (unpaired) electrons. The van der Waals surface area contributed by atoms with Crippen LogP contribution in [-0.2, 0) is 16.0 Å². The Morgan fingerprint density at radius 1 is 1.23 bits per heavy atom. The van der Waals surface area contributed by atoms with Gasteiger partial charge in [0.2, 0.25) is 16.9 Å². The summed E-state index contributed by atoms with van der Waals surface area (Å²) in [6.07, 6.45) is 1.99. The maximum Gasteiger partial charge on any atom is 0.247 e. The molecular formula is C14H15N5O2S. The van der Waals surface area contributed by atoms with E-state index in [1.54, 1.807) is 13.1 Å². The van der Waals surface area contributed by atoms with Gasteiger partial charge < -0.3 is 5.32 Å². The quantitative estimate of drug-likeness (QED) is 0.624. The second-order valence-corrected chi connectivity index (χ2v) is 5.35. The minimum Gasteiger partial charge on any atom is -0.301 e. The van der Waals surface area contributed by atoms with E-state index in [2.05, 4.69) is 26.0 Å². The Morgan fingerprint density at radius 2 is 2.00 bits per heavy atom. The van der Waals surface area contributed by atoms with Gasteiger partial charge in [-0.05, 0) is 5.56 Å². The number of rotatable bonds is 6. The van der Waals surface area contributed by atoms with E-state index in [1.165, 1.54) is 11.3 Å². The van der Waals surface area contributed by atoms with E-state index in [1.807, 2.05) is 30.3 Å². The van der Waals surface area contributed by atoms with Gasteiger partial charge in [-0.1, -0.05) is 48.6 Å². The third kappa shape index (κ3) is 5.06. The molecule has 7 nitrogen and oxygen atoms in total. The summed E-state index contributed by atoms with van der Waals surface area (Å²) in [6.45, 7) is 1.75. The van der Waals surface area contributed by atoms with Crippen LogP contribution in [0.1, 0.15) is 23.9 Å². The molecule has 0 saturated carbocycles. The van der Waals surface area contributed by atoms with E-state index in [4.69, 9.17) is 0 Å². The zero-order valence-corrected chi connectivity index (χ0v) is 12.8. The first-order valence-electron chi connectivity index (χ1n) is 6.66. The van der Waals surface area contributed by atoms with Gasteiger partial charge in [-0.25, -0.2) is 5.43 Å². The van der Waals surface area contributed by atoms with Crippen LogP contribution >= 0.6 is 11.3 Å². The van der Waals surface area contributed by atoms with E-state index in [0.717, 1.165) is 5.56 Å². The van der Waals surface area contributed by atoms with E-state index in [0.29, 0.717) is 16.6 Å². The number of carbonyl (C=O) groups is 2. The monoisotopic (exact) mass is 317 g/mol. The Hall–Kier alpha value is -2.61. The molecule has 0 saturated heterocycles. The van der Waals surface area contributed by atoms with Crippen LogP contribution in [0.25, 0.3) is 0 Å². The van der Waals surface area contributed by atoms with Crippen LogP contribution in [-0.4, -0.2) is 28.2 Å². The van der Waals surface area contributed by atoms with E-state index < -0.39 is 0 Å². The molecule has 114 valence electrons. The number of anilines is 1. The van der Waals surface area contributed by atoms with Gasteiger partial charge in [0.1, 0.15) is 5.01 Å². The highest BCUT2D eigenvalue weighted by atomic mass is 32.1. The number of nitrogens with one attached hydrogen (secondary N) is 2. The number of hydrazone groups is 1. The predicted molar refractivity (Wildman–Crippen MR) is 84.7 cm³/mol. The molecule has 22 heavy (non-hydrogen) atoms. The summed E-state index contributed by atoms with van der Waals surface area (Å²) in [7, 11) is 0. The van der Waals surface area contributed by atoms with E-state index in [9.17, 15) is 9.59 Å². The second kappa shape index (κ2) is 7.99. The number of aromatic nitrogens is 2. The van der Waals surface area contributed by atoms with Gasteiger partial charge >= 0.3 is 0 Å². The van der Waals surface area contributed by atoms with Crippen LogP contribution in [0.5, 0.6) is 0 Å². The fraction of sp³-hybridized carbons (Fsp3) is 0.214. The number of nitrogens with zero attached hydrogens (tertiary/aromatic N) is 3. The molecule has 2 amide bonds. The lowest BCUT2D eigenvalue weighted by atomic mass is 10.2. The highest BCUT2D eigenvalue weighted by Gasteiger charge is 2.10. The summed E-state index contributed by atoms with van der Waals surface area (Å²) in [6, 6.07) is 9.43. The van der Waals surface area contributed by atoms with Crippen LogP contribution in [0.2, 0.25) is 0 Å². The Balaban J connectivity index is 1.82. The predicted octanol–water partition coefficient (Wildman–Crippen LogP) is 1.58. The van der Waals surface area contributed by atoms with Crippen molar-refractivity contribution in [3.8, 4) is 0 Å². The van der Waals surface area contributed by atoms with Gasteiger partial charge in [0.15, 0.2) is 0 Å². The molecule has 2 N–H and O–H groups in total. The SMILES string of the molecule is CCC(=O)Nc1nnc(CC(=O)N/N=C\c2ccccc2)s1. The fourth-order valence-corrected chi connectivity index (χ4v) is 2.23. The van der Waals surface area contributed by atoms with Crippen molar-refractivity contribution in [2.24, 2.45) is 5.10 Å². The van der Waals surface area contributed by atoms with Gasteiger partial charge in [0.25, 0.3) is 0 Å². The average Bonchev–Trinajstić information content (AvgIpc) is 2.95. The number of benzene rings is 1. The standard InChI is InChI=1S/C14H15N5O2S/c1-2-11(20)16-14-19-18-13(22-14)8-12(21)17-15-9-10-6-4-3-5-7-10/h3-7,9H,2,8H2,1H3,(H,17,21)(H,16,19,20)/b15-9-. The maximum atomic E-state index is 11.7. The topological polar surface area (TPSA) is 96.3 Å². The largest absolute Gasteiger partial charge is 0.301 e. The summed E-state index contributed by atoms with van der Waals surface area (Å²) in [4.78, 5) is 22.9. The summed E-state index contributed by atoms with van der Waals surface area (Å²) >= 11 is 1.17. The summed E-state index contributed by atoms with van der Waals surface area (Å²) < 4.78 is 0. The van der Waals surface area contributed by atoms with Crippen molar-refractivity contribution in [3.05, 3.63) is 40.9 Å². The van der Waals surface area contributed by atoms with Crippen LogP contribution in [0.4, 0.5) is 5.13 Å². The van der Waals surface area contributed by atoms with Crippen molar-refractivity contribution < 1.29 is 9.59 Å². The van der Waals surface area contributed by atoms with Crippen molar-refractivity contribution in [3.63, 3.8) is 0 Å². The van der Waals surface area contributed by atoms with Gasteiger partial charge in [-0.3, -0.25) is 9.59 Å². The minimum absolute atomic E-state index is 0.0613. The molecule has 8 heteroatoms. The number of hydrogen-bond acceptors (Lipinski definition) is 6. The second-order valence-electron chi connectivity index (χ2n) is 4.28. The molecule has 0 aliphatic rings. The molecule has 0 atom stereocenters. The molecule has 2 aromatic rings. The maximum absolute atomic E-state index is 11.7. The van der Waals surface area contributed by atoms with Crippen molar-refractivity contribution in [2.75, 3.05) is 5.32 Å². The molecule has 0 aliphatic heterocycles. The van der Waals surface area contributed by atoms with Crippen molar-refractivity contribution in [2.45, 2.75) is 19.8 Å². The molecule has 1 aromatic carbocycles. The van der Waals surface area contributed by atoms with Crippen molar-refractivity contribution in [1.29, 1.82) is 0 Å². The number of carbonyl (C=O) groups excluding carboxylic acids is 2. The average molecular weight is 317 g/mol. The van der Waals surface area contributed by atoms with E-state index in [-0.39, 0.29) is 18.2 Å². The molecule has 0 aliphatic carbocycles. The van der Waals surface area contributed by atoms with Crippen LogP contribution in [0, 0.1) is 0 Å². The van der Waals surface area contributed by atoms with Crippen LogP contribution < -0.4 is 10.7 Å². The fourth-order valence-electron chi connectivity index (χ4n) is 1.48. The van der Waals surface area contributed by atoms with Gasteiger partial charge in [0, 0.05) is 6.42 Å². The zero-order chi connectivity index (χ0) is 15.8. The first kappa shape index (κ1) is 15.8. The first-order valence-corrected chi connectivity index (χ1v) is 7.48. The third-order valence-electron chi connectivity index (χ3n) is 2.55. The van der Waals surface area contributed by atoms with Crippen LogP contribution in [0.3, 0.4) is 0 Å². The zero-order valence-electron chi connectivity index (χ0n) is 11.9. The van der Waals surface area contributed by atoms with Gasteiger partial charge in [-0.2, -0.15) is 5.10 Å². The number of amides is 2. The summed E-state index contributed by atoms with van der Waals surface area (Å²) in [5.41, 5.74) is 3.31. The number of hydrogen-bond donors (Lipinski definition) is 2. The summed E-state index contributed by atoms with van der Waals surface area (Å²) in [5.74, 6) is -0.434. The molecule has 1 aromatic heterocycles. The third-order valence-corrected chi connectivity index (χ3v) is 3.39. The molecule has 0 spiro atoms. The highest BCUT2D eigenvalue weighted by molar-refractivity contribution is 7.15. The lowest BCUT2D eigenvalue weighted by Gasteiger charge is -1.96. The van der Waals surface area contributed by atoms with Crippen molar-refractivity contribution in [1.82, 2.24) is 15.6 Å². The summed E-state index contributed by atoms with van der Waals surface area (Å²) in [5, 5.41) is 15.0. The van der Waals surface area contributed by atoms with Crippen molar-refractivity contribution >= 4 is 34.5 Å². The molecule has 0 unspecified atom stereocenters. The van der Waals surface area contributed by atoms with Gasteiger partial charge in [0.05, 0.1) is 12.6 Å². The minimum atomic E-state index is -0.295. The smallest absolute Gasteiger partial charge is 0.247 e. The Labute approximate surface area is 131 Å². The highest BCUT2D eigenvalue weighted by Crippen LogP contribution is 2.15. The normalized spacial score (nSPS) is 10.6. The van der Waals surface area contributed by atoms with Gasteiger partial charge in [-0.15, -0.1) is 10.2 Å². The lowest BCUT2D eigenvalue weighted by Crippen LogP contribution is -2.19. The molecular weight excluding hydrogens is 302 g/mol. The Bertz CT molecular complexity index is 669. The van der Waals surface area contributed by atoms with E-state index >= 15 is 0 Å². The molecule has 2 rings (SSSR count). The Kier molecular flexibility index (Phi) is 5.73. The molecule has 0 bridgehead atoms. The molecule has 0 fully saturated rings. The Morgan fingerprint density at radius 3 is 2.73 bits per heavy atom. The lowest BCUT2D eigenvalue weighted by molar-refractivity contribution is -0.120. The molecule has 1 heterocycles. The van der Waals surface area contributed by atoms with Crippen LogP contribution in [0.15, 0.2) is 35.4 Å².